The third-order valence-corrected chi connectivity index (χ3v) is 2.63. The average molecular weight is 257 g/mol. The zero-order chi connectivity index (χ0) is 7.61. The summed E-state index contributed by atoms with van der Waals surface area (Å²) < 4.78 is 2.01. The predicted octanol–water partition coefficient (Wildman–Crippen LogP) is 0.156. The Morgan fingerprint density at radius 3 is 2.70 bits per heavy atom. The van der Waals surface area contributed by atoms with E-state index in [0.717, 1.165) is 19.4 Å². The molecule has 0 spiro atoms. The van der Waals surface area contributed by atoms with Gasteiger partial charge in [0.2, 0.25) is 0 Å². The maximum absolute atomic E-state index is 9.55. The fraction of sp³-hybridized carbons (Fsp3) is 1.00. The first-order chi connectivity index (χ1) is 4.66. The van der Waals surface area contributed by atoms with E-state index in [0.29, 0.717) is 6.54 Å². The van der Waals surface area contributed by atoms with Gasteiger partial charge in [0.1, 0.15) is 5.60 Å². The minimum atomic E-state index is -0.834. The van der Waals surface area contributed by atoms with E-state index >= 15 is 0 Å². The van der Waals surface area contributed by atoms with Crippen molar-refractivity contribution in [2.24, 2.45) is 0 Å². The molecule has 1 heterocycles. The van der Waals surface area contributed by atoms with Gasteiger partial charge in [-0.3, -0.25) is 0 Å². The van der Waals surface area contributed by atoms with E-state index in [2.05, 4.69) is 22.9 Å². The maximum Gasteiger partial charge on any atom is 0.101 e. The molecule has 1 saturated heterocycles. The van der Waals surface area contributed by atoms with Crippen molar-refractivity contribution in [2.45, 2.75) is 18.4 Å². The molecule has 60 valence electrons. The summed E-state index contributed by atoms with van der Waals surface area (Å²) in [5.41, 5.74) is -0.834. The van der Waals surface area contributed by atoms with Crippen LogP contribution in [0.4, 0.5) is 0 Å². The van der Waals surface area contributed by atoms with Gasteiger partial charge in [-0.05, 0) is 12.8 Å². The number of aliphatic hydroxyl groups is 2. The number of rotatable bonds is 1. The molecule has 2 N–H and O–H groups in total. The number of halogens is 1. The summed E-state index contributed by atoms with van der Waals surface area (Å²) >= 11 is 2.17. The van der Waals surface area contributed by atoms with Gasteiger partial charge < -0.3 is 10.2 Å². The van der Waals surface area contributed by atoms with Crippen LogP contribution in [0.15, 0.2) is 0 Å². The second-order valence-corrected chi connectivity index (χ2v) is 4.19. The van der Waals surface area contributed by atoms with Crippen molar-refractivity contribution in [2.75, 3.05) is 19.7 Å². The highest BCUT2D eigenvalue weighted by Gasteiger charge is 2.31. The van der Waals surface area contributed by atoms with E-state index in [4.69, 9.17) is 5.11 Å². The molecule has 0 saturated carbocycles. The van der Waals surface area contributed by atoms with Gasteiger partial charge in [0, 0.05) is 36.0 Å². The Morgan fingerprint density at radius 1 is 1.60 bits per heavy atom. The zero-order valence-corrected chi connectivity index (χ0v) is 7.91. The molecule has 3 nitrogen and oxygen atoms in total. The standard InChI is InChI=1S/C6H12INO2/c7-8-3-1-2-6(10,4-8)5-9/h9-10H,1-5H2. The molecule has 0 radical (unpaired) electrons. The van der Waals surface area contributed by atoms with E-state index in [1.54, 1.807) is 0 Å². The van der Waals surface area contributed by atoms with Crippen LogP contribution in [0, 0.1) is 0 Å². The Kier molecular flexibility index (Phi) is 2.91. The Balaban J connectivity index is 2.45. The lowest BCUT2D eigenvalue weighted by Gasteiger charge is -2.34. The van der Waals surface area contributed by atoms with Gasteiger partial charge in [0.15, 0.2) is 0 Å². The molecule has 1 unspecified atom stereocenters. The topological polar surface area (TPSA) is 43.7 Å². The largest absolute Gasteiger partial charge is 0.393 e. The van der Waals surface area contributed by atoms with Crippen LogP contribution in [-0.4, -0.2) is 38.6 Å². The Bertz CT molecular complexity index is 122. The van der Waals surface area contributed by atoms with E-state index < -0.39 is 5.60 Å². The molecule has 1 aliphatic rings. The van der Waals surface area contributed by atoms with Crippen molar-refractivity contribution < 1.29 is 10.2 Å². The molecule has 4 heteroatoms. The summed E-state index contributed by atoms with van der Waals surface area (Å²) in [7, 11) is 0. The SMILES string of the molecule is OCC1(O)CCCN(I)C1. The molecule has 0 aromatic rings. The third kappa shape index (κ3) is 2.05. The molecule has 1 atom stereocenters. The molecule has 10 heavy (non-hydrogen) atoms. The first-order valence-electron chi connectivity index (χ1n) is 3.40. The Hall–Kier alpha value is 0.610. The minimum absolute atomic E-state index is 0.119. The lowest BCUT2D eigenvalue weighted by molar-refractivity contribution is -0.0446. The van der Waals surface area contributed by atoms with E-state index in [1.165, 1.54) is 0 Å². The second-order valence-electron chi connectivity index (χ2n) is 2.83. The van der Waals surface area contributed by atoms with Gasteiger partial charge in [0.25, 0.3) is 0 Å². The van der Waals surface area contributed by atoms with Crippen LogP contribution in [-0.2, 0) is 0 Å². The maximum atomic E-state index is 9.55. The predicted molar refractivity (Wildman–Crippen MR) is 46.9 cm³/mol. The number of nitrogens with zero attached hydrogens (tertiary/aromatic N) is 1. The number of piperidine rings is 1. The Morgan fingerprint density at radius 2 is 2.30 bits per heavy atom. The first kappa shape index (κ1) is 8.70. The molecule has 0 aromatic heterocycles. The lowest BCUT2D eigenvalue weighted by Crippen LogP contribution is -2.46. The van der Waals surface area contributed by atoms with Crippen molar-refractivity contribution in [1.29, 1.82) is 0 Å². The smallest absolute Gasteiger partial charge is 0.101 e. The average Bonchev–Trinajstić information content (AvgIpc) is 1.88. The lowest BCUT2D eigenvalue weighted by atomic mass is 9.95. The summed E-state index contributed by atoms with van der Waals surface area (Å²) in [4.78, 5) is 0. The van der Waals surface area contributed by atoms with Gasteiger partial charge in [-0.1, -0.05) is 0 Å². The third-order valence-electron chi connectivity index (χ3n) is 1.80. The van der Waals surface area contributed by atoms with Gasteiger partial charge in [0.05, 0.1) is 6.61 Å². The highest BCUT2D eigenvalue weighted by molar-refractivity contribution is 14.1. The number of aliphatic hydroxyl groups excluding tert-OH is 1. The molecule has 1 aliphatic heterocycles. The van der Waals surface area contributed by atoms with E-state index in [-0.39, 0.29) is 6.61 Å². The van der Waals surface area contributed by atoms with Crippen LogP contribution >= 0.6 is 22.9 Å². The zero-order valence-electron chi connectivity index (χ0n) is 5.76. The quantitative estimate of drug-likeness (QED) is 0.519. The van der Waals surface area contributed by atoms with Gasteiger partial charge in [-0.15, -0.1) is 0 Å². The normalized spacial score (nSPS) is 36.3. The monoisotopic (exact) mass is 257 g/mol. The van der Waals surface area contributed by atoms with Crippen LogP contribution in [0.1, 0.15) is 12.8 Å². The van der Waals surface area contributed by atoms with E-state index in [1.807, 2.05) is 3.11 Å². The summed E-state index contributed by atoms with van der Waals surface area (Å²) in [6.07, 6.45) is 1.70. The molecule has 0 aromatic carbocycles. The summed E-state index contributed by atoms with van der Waals surface area (Å²) in [6, 6.07) is 0. The van der Waals surface area contributed by atoms with Crippen molar-refractivity contribution in [3.05, 3.63) is 0 Å². The van der Waals surface area contributed by atoms with Crippen LogP contribution in [0.5, 0.6) is 0 Å². The highest BCUT2D eigenvalue weighted by atomic mass is 127. The Labute approximate surface area is 74.5 Å². The fourth-order valence-corrected chi connectivity index (χ4v) is 2.16. The molecule has 0 amide bonds. The molecular weight excluding hydrogens is 245 g/mol. The number of β-amino-alcohol motifs (C(OH)–C–C–N with tert-alkyl or cyclic N) is 1. The van der Waals surface area contributed by atoms with Crippen molar-refractivity contribution in [3.8, 4) is 0 Å². The van der Waals surface area contributed by atoms with Crippen LogP contribution in [0.2, 0.25) is 0 Å². The van der Waals surface area contributed by atoms with Gasteiger partial charge >= 0.3 is 0 Å². The second kappa shape index (κ2) is 3.34. The van der Waals surface area contributed by atoms with Gasteiger partial charge in [-0.25, -0.2) is 3.11 Å². The molecule has 0 aliphatic carbocycles. The van der Waals surface area contributed by atoms with E-state index in [9.17, 15) is 5.11 Å². The van der Waals surface area contributed by atoms with Crippen LogP contribution < -0.4 is 0 Å². The van der Waals surface area contributed by atoms with Crippen LogP contribution in [0.25, 0.3) is 0 Å². The molecular formula is C6H12INO2. The van der Waals surface area contributed by atoms with Crippen molar-refractivity contribution in [3.63, 3.8) is 0 Å². The molecule has 1 rings (SSSR count). The van der Waals surface area contributed by atoms with Crippen LogP contribution in [0.3, 0.4) is 0 Å². The van der Waals surface area contributed by atoms with Crippen molar-refractivity contribution in [1.82, 2.24) is 3.11 Å². The molecule has 1 fully saturated rings. The summed E-state index contributed by atoms with van der Waals surface area (Å²) in [5, 5.41) is 18.3. The summed E-state index contributed by atoms with van der Waals surface area (Å²) in [6.45, 7) is 1.49. The summed E-state index contributed by atoms with van der Waals surface area (Å²) in [5.74, 6) is 0. The first-order valence-corrected chi connectivity index (χ1v) is 4.37. The minimum Gasteiger partial charge on any atom is -0.393 e. The van der Waals surface area contributed by atoms with Crippen molar-refractivity contribution >= 4 is 22.9 Å². The highest BCUT2D eigenvalue weighted by Crippen LogP contribution is 2.22. The fourth-order valence-electron chi connectivity index (χ4n) is 1.19. The number of hydrogen-bond acceptors (Lipinski definition) is 3. The van der Waals surface area contributed by atoms with Gasteiger partial charge in [-0.2, -0.15) is 0 Å². The molecule has 0 bridgehead atoms. The number of hydrogen-bond donors (Lipinski definition) is 2.